The highest BCUT2D eigenvalue weighted by atomic mass is 16.6. The van der Waals surface area contributed by atoms with Gasteiger partial charge >= 0.3 is 5.97 Å². The first-order valence-corrected chi connectivity index (χ1v) is 5.62. The average Bonchev–Trinajstić information content (AvgIpc) is 2.11. The average molecular weight is 216 g/mol. The zero-order valence-electron chi connectivity index (χ0n) is 10.8. The van der Waals surface area contributed by atoms with Crippen LogP contribution in [-0.2, 0) is 14.3 Å². The van der Waals surface area contributed by atoms with Gasteiger partial charge in [0.05, 0.1) is 0 Å². The van der Waals surface area contributed by atoms with Crippen molar-refractivity contribution >= 4 is 5.97 Å². The normalized spacial score (nSPS) is 15.9. The van der Waals surface area contributed by atoms with E-state index in [0.29, 0.717) is 13.0 Å². The Kier molecular flexibility index (Phi) is 5.29. The standard InChI is InChI=1S/C12H24O3/c1-7-9-14-12(6,8-2)10(13)15-11(3,4)5/h7-9H2,1-6H3. The van der Waals surface area contributed by atoms with Gasteiger partial charge in [-0.25, -0.2) is 4.79 Å². The maximum atomic E-state index is 11.9. The lowest BCUT2D eigenvalue weighted by atomic mass is 10.0. The fourth-order valence-corrected chi connectivity index (χ4v) is 1.02. The van der Waals surface area contributed by atoms with E-state index in [1.165, 1.54) is 0 Å². The van der Waals surface area contributed by atoms with Crippen LogP contribution in [0, 0.1) is 0 Å². The lowest BCUT2D eigenvalue weighted by Gasteiger charge is -2.30. The largest absolute Gasteiger partial charge is 0.458 e. The van der Waals surface area contributed by atoms with Crippen molar-refractivity contribution < 1.29 is 14.3 Å². The molecule has 1 unspecified atom stereocenters. The SMILES string of the molecule is CCCOC(C)(CC)C(=O)OC(C)(C)C. The summed E-state index contributed by atoms with van der Waals surface area (Å²) < 4.78 is 10.9. The Morgan fingerprint density at radius 3 is 2.00 bits per heavy atom. The predicted octanol–water partition coefficient (Wildman–Crippen LogP) is 2.92. The summed E-state index contributed by atoms with van der Waals surface area (Å²) in [7, 11) is 0. The smallest absolute Gasteiger partial charge is 0.338 e. The van der Waals surface area contributed by atoms with Gasteiger partial charge in [0.1, 0.15) is 5.60 Å². The van der Waals surface area contributed by atoms with Crippen LogP contribution in [0.25, 0.3) is 0 Å². The summed E-state index contributed by atoms with van der Waals surface area (Å²) in [4.78, 5) is 11.9. The Hall–Kier alpha value is -0.570. The maximum absolute atomic E-state index is 11.9. The second kappa shape index (κ2) is 5.50. The van der Waals surface area contributed by atoms with Crippen LogP contribution in [-0.4, -0.2) is 23.8 Å². The molecule has 0 heterocycles. The van der Waals surface area contributed by atoms with Crippen LogP contribution >= 0.6 is 0 Å². The van der Waals surface area contributed by atoms with Crippen LogP contribution in [0.1, 0.15) is 54.4 Å². The van der Waals surface area contributed by atoms with Crippen molar-refractivity contribution in [3.05, 3.63) is 0 Å². The zero-order valence-corrected chi connectivity index (χ0v) is 10.8. The van der Waals surface area contributed by atoms with Gasteiger partial charge in [-0.3, -0.25) is 0 Å². The van der Waals surface area contributed by atoms with Gasteiger partial charge in [0.25, 0.3) is 0 Å². The second-order valence-electron chi connectivity index (χ2n) is 4.93. The molecule has 0 bridgehead atoms. The van der Waals surface area contributed by atoms with Gasteiger partial charge in [0.2, 0.25) is 0 Å². The van der Waals surface area contributed by atoms with Gasteiger partial charge in [-0.15, -0.1) is 0 Å². The highest BCUT2D eigenvalue weighted by Crippen LogP contribution is 2.21. The number of rotatable bonds is 5. The lowest BCUT2D eigenvalue weighted by molar-refractivity contribution is -0.182. The van der Waals surface area contributed by atoms with Crippen molar-refractivity contribution in [3.63, 3.8) is 0 Å². The Morgan fingerprint density at radius 1 is 1.13 bits per heavy atom. The van der Waals surface area contributed by atoms with Crippen LogP contribution in [0.5, 0.6) is 0 Å². The van der Waals surface area contributed by atoms with Crippen LogP contribution in [0.4, 0.5) is 0 Å². The van der Waals surface area contributed by atoms with Gasteiger partial charge in [-0.2, -0.15) is 0 Å². The molecule has 0 aliphatic rings. The molecule has 3 nitrogen and oxygen atoms in total. The minimum Gasteiger partial charge on any atom is -0.458 e. The number of carbonyl (C=O) groups is 1. The van der Waals surface area contributed by atoms with Crippen LogP contribution < -0.4 is 0 Å². The first-order valence-electron chi connectivity index (χ1n) is 5.62. The quantitative estimate of drug-likeness (QED) is 0.663. The van der Waals surface area contributed by atoms with Crippen molar-refractivity contribution in [2.75, 3.05) is 6.61 Å². The van der Waals surface area contributed by atoms with E-state index in [-0.39, 0.29) is 5.97 Å². The fourth-order valence-electron chi connectivity index (χ4n) is 1.02. The van der Waals surface area contributed by atoms with Gasteiger partial charge in [0.15, 0.2) is 5.60 Å². The molecule has 0 aromatic carbocycles. The summed E-state index contributed by atoms with van der Waals surface area (Å²) in [5.74, 6) is -0.272. The monoisotopic (exact) mass is 216 g/mol. The van der Waals surface area contributed by atoms with Gasteiger partial charge in [-0.05, 0) is 40.5 Å². The maximum Gasteiger partial charge on any atom is 0.338 e. The molecule has 0 fully saturated rings. The van der Waals surface area contributed by atoms with Crippen molar-refractivity contribution in [1.29, 1.82) is 0 Å². The Morgan fingerprint density at radius 2 is 1.67 bits per heavy atom. The molecule has 0 amide bonds. The molecule has 0 aliphatic heterocycles. The lowest BCUT2D eigenvalue weighted by Crippen LogP contribution is -2.43. The third-order valence-electron chi connectivity index (χ3n) is 2.13. The molecule has 0 radical (unpaired) electrons. The summed E-state index contributed by atoms with van der Waals surface area (Å²) in [6.07, 6.45) is 1.53. The van der Waals surface area contributed by atoms with E-state index >= 15 is 0 Å². The molecular weight excluding hydrogens is 192 g/mol. The van der Waals surface area contributed by atoms with Crippen LogP contribution in [0.2, 0.25) is 0 Å². The molecule has 0 aliphatic carbocycles. The minimum atomic E-state index is -0.802. The molecular formula is C12H24O3. The molecule has 0 spiro atoms. The van der Waals surface area contributed by atoms with Gasteiger partial charge < -0.3 is 9.47 Å². The number of ether oxygens (including phenoxy) is 2. The van der Waals surface area contributed by atoms with E-state index in [1.54, 1.807) is 6.92 Å². The second-order valence-corrected chi connectivity index (χ2v) is 4.93. The summed E-state index contributed by atoms with van der Waals surface area (Å²) in [6, 6.07) is 0. The molecule has 0 rings (SSSR count). The molecule has 0 aromatic heterocycles. The van der Waals surface area contributed by atoms with E-state index in [1.807, 2.05) is 34.6 Å². The Labute approximate surface area is 93.1 Å². The first-order chi connectivity index (χ1) is 6.75. The van der Waals surface area contributed by atoms with E-state index in [4.69, 9.17) is 9.47 Å². The summed E-state index contributed by atoms with van der Waals surface area (Å²) >= 11 is 0. The van der Waals surface area contributed by atoms with Gasteiger partial charge in [-0.1, -0.05) is 13.8 Å². The minimum absolute atomic E-state index is 0.272. The third-order valence-corrected chi connectivity index (χ3v) is 2.13. The highest BCUT2D eigenvalue weighted by molar-refractivity contribution is 5.79. The highest BCUT2D eigenvalue weighted by Gasteiger charge is 2.36. The van der Waals surface area contributed by atoms with Crippen LogP contribution in [0.3, 0.4) is 0 Å². The molecule has 0 saturated carbocycles. The molecule has 0 saturated heterocycles. The number of hydrogen-bond donors (Lipinski definition) is 0. The van der Waals surface area contributed by atoms with Crippen molar-refractivity contribution in [1.82, 2.24) is 0 Å². The zero-order chi connectivity index (χ0) is 12.1. The van der Waals surface area contributed by atoms with Crippen LogP contribution in [0.15, 0.2) is 0 Å². The first kappa shape index (κ1) is 14.4. The fraction of sp³-hybridized carbons (Fsp3) is 0.917. The summed E-state index contributed by atoms with van der Waals surface area (Å²) in [5.41, 5.74) is -1.26. The number of carbonyl (C=O) groups excluding carboxylic acids is 1. The molecule has 1 atom stereocenters. The summed E-state index contributed by atoms with van der Waals surface area (Å²) in [5, 5.41) is 0. The van der Waals surface area contributed by atoms with E-state index in [0.717, 1.165) is 6.42 Å². The molecule has 0 aromatic rings. The number of hydrogen-bond acceptors (Lipinski definition) is 3. The van der Waals surface area contributed by atoms with Crippen molar-refractivity contribution in [2.24, 2.45) is 0 Å². The molecule has 0 N–H and O–H groups in total. The third kappa shape index (κ3) is 5.17. The topological polar surface area (TPSA) is 35.5 Å². The summed E-state index contributed by atoms with van der Waals surface area (Å²) in [6.45, 7) is 11.9. The Bertz CT molecular complexity index is 205. The molecule has 90 valence electrons. The Balaban J connectivity index is 4.44. The predicted molar refractivity (Wildman–Crippen MR) is 60.8 cm³/mol. The van der Waals surface area contributed by atoms with E-state index in [9.17, 15) is 4.79 Å². The molecule has 15 heavy (non-hydrogen) atoms. The van der Waals surface area contributed by atoms with E-state index in [2.05, 4.69) is 0 Å². The van der Waals surface area contributed by atoms with Crippen molar-refractivity contribution in [3.8, 4) is 0 Å². The number of esters is 1. The van der Waals surface area contributed by atoms with Crippen molar-refractivity contribution in [2.45, 2.75) is 65.6 Å². The van der Waals surface area contributed by atoms with Gasteiger partial charge in [0, 0.05) is 6.61 Å². The van der Waals surface area contributed by atoms with E-state index < -0.39 is 11.2 Å². The molecule has 3 heteroatoms.